The fourth-order valence-electron chi connectivity index (χ4n) is 2.65. The molecule has 1 aliphatic heterocycles. The van der Waals surface area contributed by atoms with Crippen LogP contribution in [0.5, 0.6) is 11.5 Å². The molecule has 2 aromatic heterocycles. The van der Waals surface area contributed by atoms with E-state index < -0.39 is 11.8 Å². The first-order chi connectivity index (χ1) is 11.7. The molecule has 1 aromatic carbocycles. The fraction of sp³-hybridized carbons (Fsp3) is 0.118. The van der Waals surface area contributed by atoms with Crippen molar-refractivity contribution < 1.29 is 18.7 Å². The van der Waals surface area contributed by atoms with E-state index in [2.05, 4.69) is 15.3 Å². The van der Waals surface area contributed by atoms with Gasteiger partial charge in [0, 0.05) is 24.5 Å². The van der Waals surface area contributed by atoms with Gasteiger partial charge < -0.3 is 14.8 Å². The van der Waals surface area contributed by atoms with Crippen LogP contribution in [0.15, 0.2) is 36.8 Å². The van der Waals surface area contributed by atoms with Gasteiger partial charge in [0.2, 0.25) is 0 Å². The minimum atomic E-state index is -0.512. The van der Waals surface area contributed by atoms with Crippen LogP contribution >= 0.6 is 0 Å². The Morgan fingerprint density at radius 2 is 2.21 bits per heavy atom. The van der Waals surface area contributed by atoms with E-state index in [1.165, 1.54) is 24.5 Å². The monoisotopic (exact) mass is 325 g/mol. The summed E-state index contributed by atoms with van der Waals surface area (Å²) in [5, 5.41) is 3.68. The van der Waals surface area contributed by atoms with Crippen LogP contribution in [0.1, 0.15) is 17.3 Å². The molecule has 0 radical (unpaired) electrons. The van der Waals surface area contributed by atoms with Crippen molar-refractivity contribution >= 4 is 28.2 Å². The molecular weight excluding hydrogens is 313 g/mol. The van der Waals surface area contributed by atoms with Crippen LogP contribution in [0.3, 0.4) is 0 Å². The smallest absolute Gasteiger partial charge is 0.341 e. The largest absolute Gasteiger partial charge is 0.462 e. The normalized spacial score (nSPS) is 11.9. The molecule has 4 rings (SSSR count). The van der Waals surface area contributed by atoms with E-state index in [-0.39, 0.29) is 17.9 Å². The lowest BCUT2D eigenvalue weighted by molar-refractivity contribution is 0.0527. The zero-order chi connectivity index (χ0) is 16.7. The molecule has 0 saturated carbocycles. The number of nitrogens with one attached hydrogen (secondary N) is 1. The van der Waals surface area contributed by atoms with Gasteiger partial charge >= 0.3 is 5.97 Å². The average molecular weight is 325 g/mol. The molecule has 0 fully saturated rings. The second-order valence-corrected chi connectivity index (χ2v) is 5.16. The lowest BCUT2D eigenvalue weighted by Crippen LogP contribution is -2.09. The van der Waals surface area contributed by atoms with Gasteiger partial charge in [-0.1, -0.05) is 0 Å². The van der Waals surface area contributed by atoms with Crippen molar-refractivity contribution in [3.05, 3.63) is 48.2 Å². The van der Waals surface area contributed by atoms with Gasteiger partial charge in [-0.2, -0.15) is 0 Å². The summed E-state index contributed by atoms with van der Waals surface area (Å²) in [6.07, 6.45) is 4.48. The number of hydrogen-bond acceptors (Lipinski definition) is 6. The number of aromatic nitrogens is 2. The lowest BCUT2D eigenvalue weighted by atomic mass is 10.1. The van der Waals surface area contributed by atoms with Gasteiger partial charge in [-0.3, -0.25) is 9.97 Å². The van der Waals surface area contributed by atoms with E-state index in [0.717, 1.165) is 0 Å². The Bertz CT molecular complexity index is 975. The molecule has 3 heterocycles. The van der Waals surface area contributed by atoms with Gasteiger partial charge in [-0.25, -0.2) is 9.18 Å². The standard InChI is InChI=1S/C17H12FN3O3/c1-2-23-17(22)10-7-20-12-5-9(18)6-13-15(12)16(10)21-11-3-4-19-8-14(11)24-13/h3-8,21H,2H2,1H3. The summed E-state index contributed by atoms with van der Waals surface area (Å²) in [7, 11) is 0. The topological polar surface area (TPSA) is 73.3 Å². The number of carbonyl (C=O) groups is 1. The van der Waals surface area contributed by atoms with E-state index in [0.29, 0.717) is 28.0 Å². The number of halogens is 1. The van der Waals surface area contributed by atoms with Crippen LogP contribution in [0.4, 0.5) is 15.8 Å². The maximum absolute atomic E-state index is 13.9. The lowest BCUT2D eigenvalue weighted by Gasteiger charge is -2.12. The second-order valence-electron chi connectivity index (χ2n) is 5.16. The molecule has 0 atom stereocenters. The highest BCUT2D eigenvalue weighted by molar-refractivity contribution is 6.09. The van der Waals surface area contributed by atoms with Gasteiger partial charge in [0.05, 0.1) is 35.1 Å². The van der Waals surface area contributed by atoms with E-state index in [9.17, 15) is 9.18 Å². The molecule has 1 N–H and O–H groups in total. The van der Waals surface area contributed by atoms with Crippen LogP contribution in [0.25, 0.3) is 10.9 Å². The van der Waals surface area contributed by atoms with E-state index in [4.69, 9.17) is 9.47 Å². The number of esters is 1. The number of rotatable bonds is 2. The summed E-state index contributed by atoms with van der Waals surface area (Å²) in [4.78, 5) is 20.5. The van der Waals surface area contributed by atoms with Crippen molar-refractivity contribution in [2.75, 3.05) is 11.9 Å². The van der Waals surface area contributed by atoms with Crippen LogP contribution in [0, 0.1) is 5.82 Å². The quantitative estimate of drug-likeness (QED) is 0.565. The molecule has 0 bridgehead atoms. The van der Waals surface area contributed by atoms with E-state index in [1.54, 1.807) is 19.2 Å². The minimum Gasteiger partial charge on any atom is -0.462 e. The average Bonchev–Trinajstić information content (AvgIpc) is 2.72. The summed E-state index contributed by atoms with van der Waals surface area (Å²) >= 11 is 0. The van der Waals surface area contributed by atoms with Crippen LogP contribution in [-0.2, 0) is 4.74 Å². The Labute approximate surface area is 136 Å². The first kappa shape index (κ1) is 14.4. The summed E-state index contributed by atoms with van der Waals surface area (Å²) in [5.74, 6) is -0.303. The number of pyridine rings is 2. The molecule has 3 aromatic rings. The van der Waals surface area contributed by atoms with Crippen molar-refractivity contribution in [3.8, 4) is 11.5 Å². The predicted molar refractivity (Wildman–Crippen MR) is 85.3 cm³/mol. The number of ether oxygens (including phenoxy) is 2. The SMILES string of the molecule is CCOC(=O)c1cnc2cc(F)cc3c2c1Nc1ccncc1O3. The Morgan fingerprint density at radius 1 is 1.33 bits per heavy atom. The summed E-state index contributed by atoms with van der Waals surface area (Å²) in [6, 6.07) is 4.25. The summed E-state index contributed by atoms with van der Waals surface area (Å²) < 4.78 is 24.8. The molecule has 0 aliphatic carbocycles. The van der Waals surface area contributed by atoms with Crippen molar-refractivity contribution in [2.24, 2.45) is 0 Å². The molecule has 120 valence electrons. The Kier molecular flexibility index (Phi) is 3.26. The van der Waals surface area contributed by atoms with E-state index >= 15 is 0 Å². The van der Waals surface area contributed by atoms with Gasteiger partial charge in [0.1, 0.15) is 17.1 Å². The number of hydrogen-bond donors (Lipinski definition) is 1. The van der Waals surface area contributed by atoms with Crippen LogP contribution < -0.4 is 10.1 Å². The summed E-state index contributed by atoms with van der Waals surface area (Å²) in [6.45, 7) is 1.96. The molecule has 6 nitrogen and oxygen atoms in total. The molecule has 0 amide bonds. The Morgan fingerprint density at radius 3 is 3.04 bits per heavy atom. The molecule has 7 heteroatoms. The molecule has 0 spiro atoms. The Balaban J connectivity index is 2.03. The number of carbonyl (C=O) groups excluding carboxylic acids is 1. The molecule has 0 unspecified atom stereocenters. The highest BCUT2D eigenvalue weighted by Gasteiger charge is 2.24. The highest BCUT2D eigenvalue weighted by Crippen LogP contribution is 2.44. The summed E-state index contributed by atoms with van der Waals surface area (Å²) in [5.41, 5.74) is 1.71. The van der Waals surface area contributed by atoms with Crippen molar-refractivity contribution in [1.82, 2.24) is 9.97 Å². The molecule has 1 aliphatic rings. The number of anilines is 2. The molecule has 0 saturated heterocycles. The predicted octanol–water partition coefficient (Wildman–Crippen LogP) is 3.79. The maximum Gasteiger partial charge on any atom is 0.341 e. The first-order valence-electron chi connectivity index (χ1n) is 7.35. The maximum atomic E-state index is 13.9. The number of nitrogens with zero attached hydrogens (tertiary/aromatic N) is 2. The van der Waals surface area contributed by atoms with Crippen LogP contribution in [0.2, 0.25) is 0 Å². The number of benzene rings is 1. The first-order valence-corrected chi connectivity index (χ1v) is 7.35. The number of fused-ring (bicyclic) bond motifs is 1. The molecular formula is C17H12FN3O3. The van der Waals surface area contributed by atoms with Crippen molar-refractivity contribution in [3.63, 3.8) is 0 Å². The van der Waals surface area contributed by atoms with E-state index in [1.807, 2.05) is 0 Å². The highest BCUT2D eigenvalue weighted by atomic mass is 19.1. The van der Waals surface area contributed by atoms with Gasteiger partial charge in [-0.05, 0) is 13.0 Å². The van der Waals surface area contributed by atoms with Crippen LogP contribution in [-0.4, -0.2) is 22.5 Å². The third-order valence-electron chi connectivity index (χ3n) is 3.66. The Hall–Kier alpha value is -3.22. The molecule has 24 heavy (non-hydrogen) atoms. The zero-order valence-electron chi connectivity index (χ0n) is 12.7. The fourth-order valence-corrected chi connectivity index (χ4v) is 2.65. The second kappa shape index (κ2) is 5.45. The van der Waals surface area contributed by atoms with Gasteiger partial charge in [0.25, 0.3) is 0 Å². The minimum absolute atomic E-state index is 0.240. The van der Waals surface area contributed by atoms with Crippen molar-refractivity contribution in [2.45, 2.75) is 6.92 Å². The van der Waals surface area contributed by atoms with Gasteiger partial charge in [0.15, 0.2) is 5.75 Å². The zero-order valence-corrected chi connectivity index (χ0v) is 12.7. The third-order valence-corrected chi connectivity index (χ3v) is 3.66. The third kappa shape index (κ3) is 2.21. The van der Waals surface area contributed by atoms with Crippen molar-refractivity contribution in [1.29, 1.82) is 0 Å². The van der Waals surface area contributed by atoms with Gasteiger partial charge in [-0.15, -0.1) is 0 Å².